The van der Waals surface area contributed by atoms with Crippen molar-refractivity contribution < 1.29 is 24.2 Å². The molecule has 0 aromatic heterocycles. The van der Waals surface area contributed by atoms with Crippen molar-refractivity contribution in [3.63, 3.8) is 0 Å². The lowest BCUT2D eigenvalue weighted by Crippen LogP contribution is -2.48. The average molecular weight is 353 g/mol. The molecule has 140 valence electrons. The lowest BCUT2D eigenvalue weighted by atomic mass is 10.1. The second-order valence-electron chi connectivity index (χ2n) is 5.43. The Bertz CT molecular complexity index is 512. The van der Waals surface area contributed by atoms with E-state index in [0.29, 0.717) is 6.42 Å². The van der Waals surface area contributed by atoms with Crippen molar-refractivity contribution in [2.45, 2.75) is 25.1 Å². The van der Waals surface area contributed by atoms with Crippen molar-refractivity contribution in [2.24, 2.45) is 5.73 Å². The van der Waals surface area contributed by atoms with Gasteiger partial charge in [-0.3, -0.25) is 14.9 Å². The van der Waals surface area contributed by atoms with Gasteiger partial charge in [-0.15, -0.1) is 0 Å². The molecule has 1 aromatic rings. The lowest BCUT2D eigenvalue weighted by Gasteiger charge is -2.19. The van der Waals surface area contributed by atoms with E-state index in [1.54, 1.807) is 0 Å². The summed E-state index contributed by atoms with van der Waals surface area (Å²) in [7, 11) is 1.46. The van der Waals surface area contributed by atoms with Crippen molar-refractivity contribution in [1.29, 1.82) is 0 Å². The third-order valence-corrected chi connectivity index (χ3v) is 3.50. The Hall–Kier alpha value is -2.00. The number of esters is 1. The van der Waals surface area contributed by atoms with Crippen LogP contribution in [0.3, 0.4) is 0 Å². The van der Waals surface area contributed by atoms with Gasteiger partial charge < -0.3 is 25.6 Å². The number of hydrogen-bond donors (Lipinski definition) is 4. The highest BCUT2D eigenvalue weighted by molar-refractivity contribution is 5.81. The van der Waals surface area contributed by atoms with Gasteiger partial charge in [0.05, 0.1) is 25.7 Å². The zero-order valence-corrected chi connectivity index (χ0v) is 14.4. The van der Waals surface area contributed by atoms with Crippen molar-refractivity contribution >= 4 is 11.9 Å². The van der Waals surface area contributed by atoms with Crippen LogP contribution < -0.4 is 16.4 Å². The van der Waals surface area contributed by atoms with E-state index in [2.05, 4.69) is 10.6 Å². The van der Waals surface area contributed by atoms with Gasteiger partial charge in [0.2, 0.25) is 5.91 Å². The van der Waals surface area contributed by atoms with E-state index in [0.717, 1.165) is 12.0 Å². The van der Waals surface area contributed by atoms with Crippen LogP contribution in [0.1, 0.15) is 12.0 Å². The SMILES string of the molecule is COC(CNC(=O)C(N)CCc1ccccc1)NCC(=O)OCCO. The Morgan fingerprint density at radius 3 is 2.64 bits per heavy atom. The fourth-order valence-electron chi connectivity index (χ4n) is 2.07. The molecule has 0 aliphatic heterocycles. The van der Waals surface area contributed by atoms with Crippen LogP contribution in [0, 0.1) is 0 Å². The molecule has 2 unspecified atom stereocenters. The predicted octanol–water partition coefficient (Wildman–Crippen LogP) is -0.840. The molecule has 1 rings (SSSR count). The number of hydrogen-bond acceptors (Lipinski definition) is 7. The Labute approximate surface area is 147 Å². The summed E-state index contributed by atoms with van der Waals surface area (Å²) in [4.78, 5) is 23.4. The van der Waals surface area contributed by atoms with Crippen LogP contribution in [0.5, 0.6) is 0 Å². The maximum Gasteiger partial charge on any atom is 0.320 e. The largest absolute Gasteiger partial charge is 0.462 e. The molecular formula is C17H27N3O5. The summed E-state index contributed by atoms with van der Waals surface area (Å²) < 4.78 is 9.85. The van der Waals surface area contributed by atoms with E-state index >= 15 is 0 Å². The summed E-state index contributed by atoms with van der Waals surface area (Å²) in [5.74, 6) is -0.787. The zero-order valence-electron chi connectivity index (χ0n) is 14.4. The second kappa shape index (κ2) is 12.4. The van der Waals surface area contributed by atoms with Gasteiger partial charge in [-0.1, -0.05) is 30.3 Å². The molecule has 5 N–H and O–H groups in total. The van der Waals surface area contributed by atoms with Gasteiger partial charge in [-0.05, 0) is 18.4 Å². The van der Waals surface area contributed by atoms with Gasteiger partial charge in [-0.25, -0.2) is 0 Å². The third kappa shape index (κ3) is 9.16. The number of nitrogens with one attached hydrogen (secondary N) is 2. The standard InChI is InChI=1S/C17H27N3O5/c1-24-15(19-12-16(22)25-10-9-21)11-20-17(23)14(18)8-7-13-5-3-2-4-6-13/h2-6,14-15,19,21H,7-12,18H2,1H3,(H,20,23). The topological polar surface area (TPSA) is 123 Å². The first-order valence-corrected chi connectivity index (χ1v) is 8.16. The van der Waals surface area contributed by atoms with Gasteiger partial charge in [0, 0.05) is 7.11 Å². The Morgan fingerprint density at radius 1 is 1.28 bits per heavy atom. The monoisotopic (exact) mass is 353 g/mol. The average Bonchev–Trinajstić information content (AvgIpc) is 2.65. The molecule has 0 heterocycles. The van der Waals surface area contributed by atoms with Crippen LogP contribution in [0.2, 0.25) is 0 Å². The molecule has 0 fully saturated rings. The first-order chi connectivity index (χ1) is 12.1. The van der Waals surface area contributed by atoms with Crippen molar-refractivity contribution in [1.82, 2.24) is 10.6 Å². The highest BCUT2D eigenvalue weighted by Crippen LogP contribution is 2.04. The minimum atomic E-state index is -0.618. The summed E-state index contributed by atoms with van der Waals surface area (Å²) in [5.41, 5.74) is 7.03. The minimum Gasteiger partial charge on any atom is -0.462 e. The number of aryl methyl sites for hydroxylation is 1. The summed E-state index contributed by atoms with van der Waals surface area (Å²) in [6, 6.07) is 9.19. The number of benzene rings is 1. The summed E-state index contributed by atoms with van der Waals surface area (Å²) in [5, 5.41) is 14.1. The van der Waals surface area contributed by atoms with Crippen LogP contribution in [-0.2, 0) is 25.5 Å². The molecule has 0 saturated heterocycles. The Balaban J connectivity index is 2.26. The lowest BCUT2D eigenvalue weighted by molar-refractivity contribution is -0.144. The number of carbonyl (C=O) groups excluding carboxylic acids is 2. The smallest absolute Gasteiger partial charge is 0.320 e. The molecule has 8 heteroatoms. The van der Waals surface area contributed by atoms with E-state index in [1.165, 1.54) is 7.11 Å². The number of aliphatic hydroxyl groups excluding tert-OH is 1. The van der Waals surface area contributed by atoms with Gasteiger partial charge in [0.1, 0.15) is 12.8 Å². The van der Waals surface area contributed by atoms with Gasteiger partial charge >= 0.3 is 5.97 Å². The van der Waals surface area contributed by atoms with E-state index in [-0.39, 0.29) is 32.2 Å². The number of aliphatic hydroxyl groups is 1. The molecule has 1 amide bonds. The van der Waals surface area contributed by atoms with Crippen molar-refractivity contribution in [3.8, 4) is 0 Å². The van der Waals surface area contributed by atoms with E-state index in [4.69, 9.17) is 20.3 Å². The molecule has 0 bridgehead atoms. The minimum absolute atomic E-state index is 0.0504. The molecule has 8 nitrogen and oxygen atoms in total. The van der Waals surface area contributed by atoms with Crippen LogP contribution >= 0.6 is 0 Å². The van der Waals surface area contributed by atoms with Crippen LogP contribution in [-0.4, -0.2) is 62.7 Å². The maximum atomic E-state index is 12.0. The molecule has 0 saturated carbocycles. The number of ether oxygens (including phenoxy) is 2. The van der Waals surface area contributed by atoms with E-state index < -0.39 is 18.2 Å². The number of nitrogens with two attached hydrogens (primary N) is 1. The van der Waals surface area contributed by atoms with Gasteiger partial charge in [-0.2, -0.15) is 0 Å². The molecule has 0 radical (unpaired) electrons. The molecule has 0 spiro atoms. The van der Waals surface area contributed by atoms with Crippen LogP contribution in [0.4, 0.5) is 0 Å². The molecular weight excluding hydrogens is 326 g/mol. The first-order valence-electron chi connectivity index (χ1n) is 8.16. The van der Waals surface area contributed by atoms with Gasteiger partial charge in [0.25, 0.3) is 0 Å². The molecule has 0 aliphatic carbocycles. The number of amides is 1. The highest BCUT2D eigenvalue weighted by Gasteiger charge is 2.16. The van der Waals surface area contributed by atoms with Gasteiger partial charge in [0.15, 0.2) is 0 Å². The predicted molar refractivity (Wildman–Crippen MR) is 92.6 cm³/mol. The molecule has 2 atom stereocenters. The summed E-state index contributed by atoms with van der Waals surface area (Å²) in [6.07, 6.45) is 0.707. The van der Waals surface area contributed by atoms with E-state index in [1.807, 2.05) is 30.3 Å². The Morgan fingerprint density at radius 2 is 2.00 bits per heavy atom. The molecule has 25 heavy (non-hydrogen) atoms. The van der Waals surface area contributed by atoms with Crippen LogP contribution in [0.15, 0.2) is 30.3 Å². The number of methoxy groups -OCH3 is 1. The number of carbonyl (C=O) groups is 2. The summed E-state index contributed by atoms with van der Waals surface area (Å²) >= 11 is 0. The molecule has 0 aliphatic rings. The maximum absolute atomic E-state index is 12.0. The van der Waals surface area contributed by atoms with E-state index in [9.17, 15) is 9.59 Å². The third-order valence-electron chi connectivity index (χ3n) is 3.50. The van der Waals surface area contributed by atoms with Crippen molar-refractivity contribution in [2.75, 3.05) is 33.4 Å². The summed E-state index contributed by atoms with van der Waals surface area (Å²) in [6.45, 7) is -0.197. The quantitative estimate of drug-likeness (QED) is 0.285. The normalized spacial score (nSPS) is 13.1. The van der Waals surface area contributed by atoms with Crippen LogP contribution in [0.25, 0.3) is 0 Å². The second-order valence-corrected chi connectivity index (χ2v) is 5.43. The zero-order chi connectivity index (χ0) is 18.5. The fourth-order valence-corrected chi connectivity index (χ4v) is 2.07. The molecule has 1 aromatic carbocycles. The fraction of sp³-hybridized carbons (Fsp3) is 0.529. The Kier molecular flexibility index (Phi) is 10.4. The highest BCUT2D eigenvalue weighted by atomic mass is 16.5. The first kappa shape index (κ1) is 21.0. The van der Waals surface area contributed by atoms with Crippen molar-refractivity contribution in [3.05, 3.63) is 35.9 Å². The number of rotatable bonds is 12.